The van der Waals surface area contributed by atoms with Gasteiger partial charge in [-0.3, -0.25) is 4.79 Å². The third-order valence-corrected chi connectivity index (χ3v) is 4.59. The monoisotopic (exact) mass is 344 g/mol. The molecule has 0 unspecified atom stereocenters. The van der Waals surface area contributed by atoms with Crippen LogP contribution >= 0.6 is 0 Å². The fourth-order valence-corrected chi connectivity index (χ4v) is 3.23. The molecule has 26 heavy (non-hydrogen) atoms. The van der Waals surface area contributed by atoms with Gasteiger partial charge in [0.1, 0.15) is 5.76 Å². The fraction of sp³-hybridized carbons (Fsp3) is 0.136. The van der Waals surface area contributed by atoms with Crippen LogP contribution in [0.5, 0.6) is 0 Å². The summed E-state index contributed by atoms with van der Waals surface area (Å²) in [5.41, 5.74) is 3.56. The van der Waals surface area contributed by atoms with Gasteiger partial charge in [0.2, 0.25) is 0 Å². The van der Waals surface area contributed by atoms with Gasteiger partial charge in [-0.15, -0.1) is 0 Å². The molecule has 0 bridgehead atoms. The molecule has 0 saturated heterocycles. The van der Waals surface area contributed by atoms with Crippen molar-refractivity contribution in [3.05, 3.63) is 84.3 Å². The normalized spacial score (nSPS) is 12.3. The van der Waals surface area contributed by atoms with E-state index in [1.165, 1.54) is 0 Å². The average molecular weight is 344 g/mol. The number of aromatic amines is 1. The van der Waals surface area contributed by atoms with Gasteiger partial charge in [-0.05, 0) is 30.7 Å². The van der Waals surface area contributed by atoms with Gasteiger partial charge in [-0.25, -0.2) is 0 Å². The molecule has 0 fully saturated rings. The van der Waals surface area contributed by atoms with Gasteiger partial charge in [0.05, 0.1) is 30.1 Å². The molecule has 0 aliphatic heterocycles. The van der Waals surface area contributed by atoms with E-state index in [-0.39, 0.29) is 18.4 Å². The van der Waals surface area contributed by atoms with Crippen molar-refractivity contribution in [1.82, 2.24) is 10.3 Å². The molecule has 0 amide bonds. The van der Waals surface area contributed by atoms with E-state index in [9.17, 15) is 4.79 Å². The lowest BCUT2D eigenvalue weighted by molar-refractivity contribution is 0.0989. The van der Waals surface area contributed by atoms with Gasteiger partial charge in [0.15, 0.2) is 5.78 Å². The van der Waals surface area contributed by atoms with Crippen LogP contribution in [0.3, 0.4) is 0 Å². The summed E-state index contributed by atoms with van der Waals surface area (Å²) in [6, 6.07) is 21.6. The first-order valence-corrected chi connectivity index (χ1v) is 8.70. The predicted octanol–water partition coefficient (Wildman–Crippen LogP) is 4.96. The number of aromatic nitrogens is 1. The Morgan fingerprint density at radius 3 is 2.58 bits per heavy atom. The third kappa shape index (κ3) is 3.07. The minimum Gasteiger partial charge on any atom is -0.468 e. The van der Waals surface area contributed by atoms with Gasteiger partial charge in [0.25, 0.3) is 0 Å². The van der Waals surface area contributed by atoms with Crippen LogP contribution in [0.25, 0.3) is 22.2 Å². The third-order valence-electron chi connectivity index (χ3n) is 4.59. The lowest BCUT2D eigenvalue weighted by Crippen LogP contribution is -2.26. The summed E-state index contributed by atoms with van der Waals surface area (Å²) in [5.74, 6) is 0.875. The van der Waals surface area contributed by atoms with E-state index >= 15 is 0 Å². The maximum Gasteiger partial charge on any atom is 0.179 e. The lowest BCUT2D eigenvalue weighted by Gasteiger charge is -2.11. The number of rotatable bonds is 6. The van der Waals surface area contributed by atoms with Crippen molar-refractivity contribution >= 4 is 16.7 Å². The molecule has 4 aromatic rings. The molecule has 130 valence electrons. The zero-order chi connectivity index (χ0) is 17.9. The highest BCUT2D eigenvalue weighted by Gasteiger charge is 2.20. The number of benzene rings is 2. The first-order chi connectivity index (χ1) is 12.7. The van der Waals surface area contributed by atoms with Crippen LogP contribution in [-0.4, -0.2) is 17.3 Å². The van der Waals surface area contributed by atoms with E-state index in [0.717, 1.165) is 33.5 Å². The number of Topliss-reactive ketones (excluding diaryl/α,β-unsaturated/α-hetero) is 1. The molecule has 2 aromatic heterocycles. The number of para-hydroxylation sites is 1. The van der Waals surface area contributed by atoms with Crippen LogP contribution in [-0.2, 0) is 0 Å². The Balaban J connectivity index is 1.67. The number of H-pyrrole nitrogens is 1. The van der Waals surface area contributed by atoms with E-state index < -0.39 is 0 Å². The Bertz CT molecular complexity index is 1020. The largest absolute Gasteiger partial charge is 0.468 e. The molecule has 0 spiro atoms. The predicted molar refractivity (Wildman–Crippen MR) is 103 cm³/mol. The van der Waals surface area contributed by atoms with Crippen molar-refractivity contribution in [2.24, 2.45) is 0 Å². The smallest absolute Gasteiger partial charge is 0.179 e. The number of fused-ring (bicyclic) bond motifs is 1. The summed E-state index contributed by atoms with van der Waals surface area (Å²) in [6.07, 6.45) is 1.64. The first-order valence-electron chi connectivity index (χ1n) is 8.70. The van der Waals surface area contributed by atoms with Gasteiger partial charge in [-0.2, -0.15) is 0 Å². The molecular formula is C22H20N2O2. The lowest BCUT2D eigenvalue weighted by atomic mass is 10.0. The number of nitrogens with one attached hydrogen (secondary N) is 2. The van der Waals surface area contributed by atoms with E-state index in [1.807, 2.05) is 73.7 Å². The Kier molecular flexibility index (Phi) is 4.42. The zero-order valence-corrected chi connectivity index (χ0v) is 14.5. The molecule has 4 heteroatoms. The summed E-state index contributed by atoms with van der Waals surface area (Å²) in [5, 5.41) is 4.21. The number of hydrogen-bond donors (Lipinski definition) is 2. The van der Waals surface area contributed by atoms with Crippen LogP contribution in [0.4, 0.5) is 0 Å². The van der Waals surface area contributed by atoms with Gasteiger partial charge in [-0.1, -0.05) is 48.5 Å². The second kappa shape index (κ2) is 7.02. The number of hydrogen-bond acceptors (Lipinski definition) is 3. The second-order valence-corrected chi connectivity index (χ2v) is 6.33. The van der Waals surface area contributed by atoms with Crippen LogP contribution < -0.4 is 5.32 Å². The van der Waals surface area contributed by atoms with Crippen LogP contribution in [0.2, 0.25) is 0 Å². The molecule has 0 aliphatic carbocycles. The van der Waals surface area contributed by atoms with Crippen LogP contribution in [0.1, 0.15) is 29.1 Å². The minimum atomic E-state index is -0.0284. The summed E-state index contributed by atoms with van der Waals surface area (Å²) in [4.78, 5) is 16.5. The van der Waals surface area contributed by atoms with Crippen LogP contribution in [0.15, 0.2) is 77.4 Å². The van der Waals surface area contributed by atoms with Crippen molar-refractivity contribution in [2.45, 2.75) is 13.0 Å². The van der Waals surface area contributed by atoms with E-state index in [4.69, 9.17) is 4.42 Å². The average Bonchev–Trinajstić information content (AvgIpc) is 3.34. The Labute approximate surface area is 151 Å². The summed E-state index contributed by atoms with van der Waals surface area (Å²) in [6.45, 7) is 2.23. The maximum atomic E-state index is 13.1. The summed E-state index contributed by atoms with van der Waals surface area (Å²) >= 11 is 0. The van der Waals surface area contributed by atoms with E-state index in [0.29, 0.717) is 0 Å². The quantitative estimate of drug-likeness (QED) is 0.486. The molecule has 4 rings (SSSR count). The fourth-order valence-electron chi connectivity index (χ4n) is 3.23. The highest BCUT2D eigenvalue weighted by atomic mass is 16.3. The molecule has 1 atom stereocenters. The topological polar surface area (TPSA) is 58.0 Å². The highest BCUT2D eigenvalue weighted by Crippen LogP contribution is 2.30. The molecule has 2 heterocycles. The van der Waals surface area contributed by atoms with Gasteiger partial charge < -0.3 is 14.7 Å². The second-order valence-electron chi connectivity index (χ2n) is 6.33. The van der Waals surface area contributed by atoms with Crippen molar-refractivity contribution in [3.8, 4) is 11.3 Å². The number of carbonyl (C=O) groups excluding carboxylic acids is 1. The first kappa shape index (κ1) is 16.4. The Hall–Kier alpha value is -3.11. The van der Waals surface area contributed by atoms with E-state index in [1.54, 1.807) is 6.26 Å². The Morgan fingerprint density at radius 1 is 1.04 bits per heavy atom. The summed E-state index contributed by atoms with van der Waals surface area (Å²) < 4.78 is 5.40. The maximum absolute atomic E-state index is 13.1. The molecule has 4 nitrogen and oxygen atoms in total. The van der Waals surface area contributed by atoms with E-state index in [2.05, 4.69) is 10.3 Å². The molecular weight excluding hydrogens is 324 g/mol. The Morgan fingerprint density at radius 2 is 1.81 bits per heavy atom. The molecule has 2 aromatic carbocycles. The van der Waals surface area contributed by atoms with Crippen molar-refractivity contribution in [2.75, 3.05) is 6.54 Å². The van der Waals surface area contributed by atoms with Gasteiger partial charge in [0, 0.05) is 10.9 Å². The zero-order valence-electron chi connectivity index (χ0n) is 14.5. The van der Waals surface area contributed by atoms with Crippen molar-refractivity contribution < 1.29 is 9.21 Å². The molecule has 0 aliphatic rings. The summed E-state index contributed by atoms with van der Waals surface area (Å²) in [7, 11) is 0. The van der Waals surface area contributed by atoms with Gasteiger partial charge >= 0.3 is 0 Å². The molecule has 2 N–H and O–H groups in total. The van der Waals surface area contributed by atoms with Crippen molar-refractivity contribution in [3.63, 3.8) is 0 Å². The molecule has 0 saturated carbocycles. The molecule has 0 radical (unpaired) electrons. The number of carbonyl (C=O) groups is 1. The van der Waals surface area contributed by atoms with Crippen molar-refractivity contribution in [1.29, 1.82) is 0 Å². The van der Waals surface area contributed by atoms with Crippen LogP contribution in [0, 0.1) is 0 Å². The minimum absolute atomic E-state index is 0.0284. The highest BCUT2D eigenvalue weighted by molar-refractivity contribution is 6.14. The number of ketones is 1. The number of furan rings is 1. The SMILES string of the molecule is C[C@H](NCC(=O)c1c(-c2ccccc2)[nH]c2ccccc12)c1ccco1. The standard InChI is InChI=1S/C22H20N2O2/c1-15(20-12-7-13-26-20)23-14-19(25)21-17-10-5-6-11-18(17)24-22(21)16-8-3-2-4-9-16/h2-13,15,23-24H,14H2,1H3/t15-/m0/s1.